The van der Waals surface area contributed by atoms with Crippen LogP contribution in [-0.2, 0) is 0 Å². The van der Waals surface area contributed by atoms with Crippen molar-refractivity contribution in [1.29, 1.82) is 5.26 Å². The van der Waals surface area contributed by atoms with Crippen molar-refractivity contribution in [2.24, 2.45) is 0 Å². The Balaban J connectivity index is 2.04. The van der Waals surface area contributed by atoms with Gasteiger partial charge in [-0.05, 0) is 48.9 Å². The number of nitriles is 1. The zero-order valence-electron chi connectivity index (χ0n) is 13.1. The van der Waals surface area contributed by atoms with Gasteiger partial charge in [0.05, 0.1) is 33.3 Å². The lowest BCUT2D eigenvalue weighted by atomic mass is 10.1. The zero-order chi connectivity index (χ0) is 18.0. The molecule has 1 N–H and O–H groups in total. The lowest BCUT2D eigenvalue weighted by molar-refractivity contribution is 0.340. The van der Waals surface area contributed by atoms with Gasteiger partial charge >= 0.3 is 0 Å². The van der Waals surface area contributed by atoms with Crippen LogP contribution in [0.25, 0.3) is 22.7 Å². The van der Waals surface area contributed by atoms with Gasteiger partial charge < -0.3 is 9.72 Å². The molecule has 0 saturated carbocycles. The van der Waals surface area contributed by atoms with Crippen LogP contribution in [0.4, 0.5) is 4.39 Å². The van der Waals surface area contributed by atoms with Crippen LogP contribution in [0.3, 0.4) is 0 Å². The number of halogens is 3. The minimum atomic E-state index is -0.379. The number of nitrogens with one attached hydrogen (secondary N) is 1. The van der Waals surface area contributed by atoms with Gasteiger partial charge in [-0.3, -0.25) is 0 Å². The van der Waals surface area contributed by atoms with E-state index in [4.69, 9.17) is 27.9 Å². The van der Waals surface area contributed by atoms with E-state index in [1.807, 2.05) is 6.92 Å². The van der Waals surface area contributed by atoms with Gasteiger partial charge in [-0.25, -0.2) is 9.37 Å². The number of benzene rings is 2. The summed E-state index contributed by atoms with van der Waals surface area (Å²) in [5.74, 6) is 0.361. The fraction of sp³-hybridized carbons (Fsp3) is 0.111. The maximum atomic E-state index is 13.3. The van der Waals surface area contributed by atoms with Gasteiger partial charge in [0.1, 0.15) is 17.7 Å². The standard InChI is InChI=1S/C18H12Cl2FN3O/c1-2-25-17-13(19)6-10(7-14(17)20)5-11(9-22)18-23-15-4-3-12(21)8-16(15)24-18/h3-8H,2H2,1H3,(H,23,24)/b11-5-. The highest BCUT2D eigenvalue weighted by Gasteiger charge is 2.12. The molecule has 1 aromatic heterocycles. The molecule has 0 bridgehead atoms. The van der Waals surface area contributed by atoms with E-state index in [0.29, 0.717) is 44.8 Å². The van der Waals surface area contributed by atoms with Gasteiger partial charge in [0.2, 0.25) is 0 Å². The number of nitrogens with zero attached hydrogens (tertiary/aromatic N) is 2. The molecule has 3 rings (SSSR count). The number of allylic oxidation sites excluding steroid dienone is 1. The first-order valence-corrected chi connectivity index (χ1v) is 8.16. The number of ether oxygens (including phenoxy) is 1. The molecule has 0 aliphatic carbocycles. The number of aromatic nitrogens is 2. The zero-order valence-corrected chi connectivity index (χ0v) is 14.6. The lowest BCUT2D eigenvalue weighted by Crippen LogP contribution is -1.94. The second-order valence-corrected chi connectivity index (χ2v) is 5.98. The maximum Gasteiger partial charge on any atom is 0.156 e. The maximum absolute atomic E-state index is 13.3. The van der Waals surface area contributed by atoms with Crippen molar-refractivity contribution >= 4 is 45.9 Å². The highest BCUT2D eigenvalue weighted by molar-refractivity contribution is 6.37. The van der Waals surface area contributed by atoms with E-state index < -0.39 is 0 Å². The molecule has 7 heteroatoms. The smallest absolute Gasteiger partial charge is 0.156 e. The van der Waals surface area contributed by atoms with Crippen LogP contribution in [0.2, 0.25) is 10.0 Å². The molecule has 0 radical (unpaired) electrons. The van der Waals surface area contributed by atoms with E-state index in [-0.39, 0.29) is 11.4 Å². The predicted octanol–water partition coefficient (Wildman–Crippen LogP) is 5.47. The van der Waals surface area contributed by atoms with Crippen LogP contribution in [-0.4, -0.2) is 16.6 Å². The Hall–Kier alpha value is -2.55. The van der Waals surface area contributed by atoms with Crippen molar-refractivity contribution in [3.63, 3.8) is 0 Å². The third kappa shape index (κ3) is 3.60. The van der Waals surface area contributed by atoms with Gasteiger partial charge in [0, 0.05) is 0 Å². The van der Waals surface area contributed by atoms with Crippen LogP contribution in [0, 0.1) is 17.1 Å². The molecule has 0 fully saturated rings. The van der Waals surface area contributed by atoms with Crippen molar-refractivity contribution in [3.05, 3.63) is 57.6 Å². The molecule has 2 aromatic carbocycles. The number of rotatable bonds is 4. The van der Waals surface area contributed by atoms with Crippen LogP contribution < -0.4 is 4.74 Å². The number of H-pyrrole nitrogens is 1. The summed E-state index contributed by atoms with van der Waals surface area (Å²) in [5, 5.41) is 10.2. The Kier molecular flexibility index (Phi) is 4.93. The van der Waals surface area contributed by atoms with Gasteiger partial charge in [-0.1, -0.05) is 23.2 Å². The molecule has 0 aliphatic heterocycles. The van der Waals surface area contributed by atoms with E-state index in [0.717, 1.165) is 0 Å². The Morgan fingerprint density at radius 1 is 1.32 bits per heavy atom. The number of imidazole rings is 1. The van der Waals surface area contributed by atoms with E-state index in [1.54, 1.807) is 24.3 Å². The monoisotopic (exact) mass is 375 g/mol. The molecule has 0 spiro atoms. The molecule has 126 valence electrons. The summed E-state index contributed by atoms with van der Waals surface area (Å²) in [4.78, 5) is 7.25. The third-order valence-corrected chi connectivity index (χ3v) is 4.00. The third-order valence-electron chi connectivity index (χ3n) is 3.44. The van der Waals surface area contributed by atoms with Crippen LogP contribution in [0.1, 0.15) is 18.3 Å². The van der Waals surface area contributed by atoms with Crippen molar-refractivity contribution in [2.75, 3.05) is 6.61 Å². The van der Waals surface area contributed by atoms with Gasteiger partial charge in [0.25, 0.3) is 0 Å². The summed E-state index contributed by atoms with van der Waals surface area (Å²) < 4.78 is 18.7. The summed E-state index contributed by atoms with van der Waals surface area (Å²) in [6, 6.07) is 9.56. The molecular formula is C18H12Cl2FN3O. The van der Waals surface area contributed by atoms with Crippen LogP contribution in [0.5, 0.6) is 5.75 Å². The minimum Gasteiger partial charge on any atom is -0.491 e. The molecule has 1 heterocycles. The fourth-order valence-electron chi connectivity index (χ4n) is 2.37. The molecule has 0 saturated heterocycles. The highest BCUT2D eigenvalue weighted by atomic mass is 35.5. The first kappa shape index (κ1) is 17.3. The first-order valence-electron chi connectivity index (χ1n) is 7.41. The summed E-state index contributed by atoms with van der Waals surface area (Å²) in [6.45, 7) is 2.27. The largest absolute Gasteiger partial charge is 0.491 e. The Morgan fingerprint density at radius 2 is 2.04 bits per heavy atom. The van der Waals surface area contributed by atoms with Gasteiger partial charge in [-0.2, -0.15) is 5.26 Å². The fourth-order valence-corrected chi connectivity index (χ4v) is 2.99. The first-order chi connectivity index (χ1) is 12.0. The molecule has 0 amide bonds. The quantitative estimate of drug-likeness (QED) is 0.614. The summed E-state index contributed by atoms with van der Waals surface area (Å²) in [5.41, 5.74) is 1.98. The number of aromatic amines is 1. The summed E-state index contributed by atoms with van der Waals surface area (Å²) >= 11 is 12.4. The topological polar surface area (TPSA) is 61.7 Å². The van der Waals surface area contributed by atoms with Crippen molar-refractivity contribution < 1.29 is 9.13 Å². The molecule has 3 aromatic rings. The summed E-state index contributed by atoms with van der Waals surface area (Å²) in [7, 11) is 0. The molecular weight excluding hydrogens is 364 g/mol. The molecule has 0 unspecified atom stereocenters. The lowest BCUT2D eigenvalue weighted by Gasteiger charge is -2.08. The molecule has 0 atom stereocenters. The van der Waals surface area contributed by atoms with Crippen molar-refractivity contribution in [1.82, 2.24) is 9.97 Å². The Labute approximate surface area is 153 Å². The van der Waals surface area contributed by atoms with Crippen LogP contribution in [0.15, 0.2) is 30.3 Å². The average molecular weight is 376 g/mol. The Bertz CT molecular complexity index is 998. The number of hydrogen-bond donors (Lipinski definition) is 1. The van der Waals surface area contributed by atoms with Crippen LogP contribution >= 0.6 is 23.2 Å². The SMILES string of the molecule is CCOc1c(Cl)cc(/C=C(/C#N)c2nc3ccc(F)cc3[nH]2)cc1Cl. The van der Waals surface area contributed by atoms with E-state index in [1.165, 1.54) is 12.1 Å². The second-order valence-electron chi connectivity index (χ2n) is 5.16. The van der Waals surface area contributed by atoms with E-state index in [9.17, 15) is 9.65 Å². The Morgan fingerprint density at radius 3 is 2.68 bits per heavy atom. The highest BCUT2D eigenvalue weighted by Crippen LogP contribution is 2.35. The van der Waals surface area contributed by atoms with Crippen molar-refractivity contribution in [2.45, 2.75) is 6.92 Å². The van der Waals surface area contributed by atoms with Gasteiger partial charge in [-0.15, -0.1) is 0 Å². The number of hydrogen-bond acceptors (Lipinski definition) is 3. The van der Waals surface area contributed by atoms with E-state index >= 15 is 0 Å². The normalized spacial score (nSPS) is 11.6. The minimum absolute atomic E-state index is 0.271. The predicted molar refractivity (Wildman–Crippen MR) is 97.2 cm³/mol. The van der Waals surface area contributed by atoms with Gasteiger partial charge in [0.15, 0.2) is 5.75 Å². The second kappa shape index (κ2) is 7.14. The molecule has 0 aliphatic rings. The molecule has 4 nitrogen and oxygen atoms in total. The van der Waals surface area contributed by atoms with Crippen molar-refractivity contribution in [3.8, 4) is 11.8 Å². The van der Waals surface area contributed by atoms with E-state index in [2.05, 4.69) is 16.0 Å². The average Bonchev–Trinajstić information content (AvgIpc) is 2.98. The number of fused-ring (bicyclic) bond motifs is 1. The summed E-state index contributed by atoms with van der Waals surface area (Å²) in [6.07, 6.45) is 1.60. The molecule has 25 heavy (non-hydrogen) atoms.